The molecule has 3 rings (SSSR count). The molecule has 5 heteroatoms. The summed E-state index contributed by atoms with van der Waals surface area (Å²) in [5, 5.41) is 0. The van der Waals surface area contributed by atoms with Crippen LogP contribution in [0.3, 0.4) is 0 Å². The van der Waals surface area contributed by atoms with Crippen LogP contribution >= 0.6 is 12.4 Å². The fourth-order valence-corrected chi connectivity index (χ4v) is 3.28. The Morgan fingerprint density at radius 3 is 2.28 bits per heavy atom. The Balaban J connectivity index is 0.00000225. The summed E-state index contributed by atoms with van der Waals surface area (Å²) in [6.07, 6.45) is 0. The molecule has 0 bridgehead atoms. The second-order valence-corrected chi connectivity index (χ2v) is 6.17. The van der Waals surface area contributed by atoms with Gasteiger partial charge in [0, 0.05) is 31.6 Å². The Morgan fingerprint density at radius 1 is 0.960 bits per heavy atom. The predicted molar refractivity (Wildman–Crippen MR) is 104 cm³/mol. The van der Waals surface area contributed by atoms with Crippen LogP contribution in [-0.4, -0.2) is 43.8 Å². The van der Waals surface area contributed by atoms with Gasteiger partial charge in [-0.05, 0) is 24.6 Å². The van der Waals surface area contributed by atoms with Crippen molar-refractivity contribution in [1.82, 2.24) is 4.90 Å². The highest BCUT2D eigenvalue weighted by Crippen LogP contribution is 2.28. The minimum atomic E-state index is 0. The number of rotatable bonds is 7. The summed E-state index contributed by atoms with van der Waals surface area (Å²) < 4.78 is 11.5. The van der Waals surface area contributed by atoms with E-state index in [0.717, 1.165) is 31.1 Å². The number of nitrogens with zero attached hydrogens (tertiary/aromatic N) is 1. The topological polar surface area (TPSA) is 47.7 Å². The molecule has 0 aromatic heterocycles. The average Bonchev–Trinajstić information content (AvgIpc) is 2.98. The highest BCUT2D eigenvalue weighted by Gasteiger charge is 2.30. The third-order valence-corrected chi connectivity index (χ3v) is 4.48. The van der Waals surface area contributed by atoms with Gasteiger partial charge in [-0.15, -0.1) is 12.4 Å². The number of nitrogens with two attached hydrogens (primary N) is 1. The molecule has 0 saturated carbocycles. The lowest BCUT2D eigenvalue weighted by molar-refractivity contribution is 0.224. The number of para-hydroxylation sites is 2. The van der Waals surface area contributed by atoms with E-state index in [2.05, 4.69) is 29.2 Å². The summed E-state index contributed by atoms with van der Waals surface area (Å²) in [7, 11) is 0. The van der Waals surface area contributed by atoms with Crippen molar-refractivity contribution in [2.45, 2.75) is 18.9 Å². The maximum atomic E-state index is 6.35. The van der Waals surface area contributed by atoms with E-state index in [4.69, 9.17) is 15.2 Å². The van der Waals surface area contributed by atoms with Gasteiger partial charge in [0.2, 0.25) is 0 Å². The standard InChI is InChI=1S/C20H26N2O2.ClH/c1-2-23-19-10-6-7-11-20(19)24-13-12-22-14-17(18(21)15-22)16-8-4-3-5-9-16;/h3-11,17-18H,2,12-15,21H2,1H3;1H/t17-,18+;/m0./s1. The van der Waals surface area contributed by atoms with Crippen LogP contribution < -0.4 is 15.2 Å². The SMILES string of the molecule is CCOc1ccccc1OCCN1C[C@@H](N)[C@H](c2ccccc2)C1.Cl. The van der Waals surface area contributed by atoms with Crippen molar-refractivity contribution in [2.24, 2.45) is 5.73 Å². The molecule has 2 N–H and O–H groups in total. The molecule has 0 aliphatic carbocycles. The first kappa shape index (κ1) is 19.6. The summed E-state index contributed by atoms with van der Waals surface area (Å²) in [6, 6.07) is 18.6. The molecule has 1 heterocycles. The Kier molecular flexibility index (Phi) is 7.56. The minimum absolute atomic E-state index is 0. The third kappa shape index (κ3) is 5.11. The van der Waals surface area contributed by atoms with E-state index in [1.54, 1.807) is 0 Å². The first-order valence-electron chi connectivity index (χ1n) is 8.65. The summed E-state index contributed by atoms with van der Waals surface area (Å²) in [5.41, 5.74) is 7.67. The highest BCUT2D eigenvalue weighted by molar-refractivity contribution is 5.85. The first-order chi connectivity index (χ1) is 11.8. The molecule has 1 saturated heterocycles. The molecule has 1 aliphatic rings. The maximum absolute atomic E-state index is 6.35. The fourth-order valence-electron chi connectivity index (χ4n) is 3.28. The molecule has 1 aliphatic heterocycles. The molecular weight excluding hydrogens is 336 g/mol. The molecule has 0 unspecified atom stereocenters. The van der Waals surface area contributed by atoms with E-state index < -0.39 is 0 Å². The molecule has 1 fully saturated rings. The van der Waals surface area contributed by atoms with E-state index >= 15 is 0 Å². The van der Waals surface area contributed by atoms with Crippen molar-refractivity contribution in [1.29, 1.82) is 0 Å². The van der Waals surface area contributed by atoms with Crippen molar-refractivity contribution in [3.63, 3.8) is 0 Å². The van der Waals surface area contributed by atoms with Gasteiger partial charge in [0.05, 0.1) is 6.61 Å². The van der Waals surface area contributed by atoms with E-state index in [9.17, 15) is 0 Å². The number of likely N-dealkylation sites (tertiary alicyclic amines) is 1. The summed E-state index contributed by atoms with van der Waals surface area (Å²) in [5.74, 6) is 2.02. The van der Waals surface area contributed by atoms with Crippen LogP contribution in [0.4, 0.5) is 0 Å². The number of ether oxygens (including phenoxy) is 2. The van der Waals surface area contributed by atoms with Crippen LogP contribution in [-0.2, 0) is 0 Å². The molecule has 4 nitrogen and oxygen atoms in total. The predicted octanol–water partition coefficient (Wildman–Crippen LogP) is 3.31. The Labute approximate surface area is 156 Å². The summed E-state index contributed by atoms with van der Waals surface area (Å²) >= 11 is 0. The smallest absolute Gasteiger partial charge is 0.161 e. The zero-order valence-corrected chi connectivity index (χ0v) is 15.5. The van der Waals surface area contributed by atoms with Crippen molar-refractivity contribution in [2.75, 3.05) is 32.8 Å². The van der Waals surface area contributed by atoms with Gasteiger partial charge in [-0.25, -0.2) is 0 Å². The molecule has 25 heavy (non-hydrogen) atoms. The van der Waals surface area contributed by atoms with E-state index in [-0.39, 0.29) is 18.4 Å². The second-order valence-electron chi connectivity index (χ2n) is 6.17. The highest BCUT2D eigenvalue weighted by atomic mass is 35.5. The molecule has 2 atom stereocenters. The van der Waals surface area contributed by atoms with E-state index in [1.165, 1.54) is 5.56 Å². The van der Waals surface area contributed by atoms with Crippen molar-refractivity contribution in [3.05, 3.63) is 60.2 Å². The van der Waals surface area contributed by atoms with Gasteiger partial charge < -0.3 is 15.2 Å². The van der Waals surface area contributed by atoms with Gasteiger partial charge in [0.25, 0.3) is 0 Å². The zero-order chi connectivity index (χ0) is 16.8. The van der Waals surface area contributed by atoms with Crippen LogP contribution in [0, 0.1) is 0 Å². The fraction of sp³-hybridized carbons (Fsp3) is 0.400. The average molecular weight is 363 g/mol. The number of hydrogen-bond donors (Lipinski definition) is 1. The molecule has 0 amide bonds. The van der Waals surface area contributed by atoms with Crippen LogP contribution in [0.1, 0.15) is 18.4 Å². The molecule has 2 aromatic rings. The van der Waals surface area contributed by atoms with Gasteiger partial charge in [-0.3, -0.25) is 4.90 Å². The molecule has 136 valence electrons. The summed E-state index contributed by atoms with van der Waals surface area (Å²) in [4.78, 5) is 2.38. The third-order valence-electron chi connectivity index (χ3n) is 4.48. The lowest BCUT2D eigenvalue weighted by Gasteiger charge is -2.17. The zero-order valence-electron chi connectivity index (χ0n) is 14.6. The minimum Gasteiger partial charge on any atom is -0.490 e. The van der Waals surface area contributed by atoms with Crippen molar-refractivity contribution in [3.8, 4) is 11.5 Å². The monoisotopic (exact) mass is 362 g/mol. The van der Waals surface area contributed by atoms with Crippen LogP contribution in [0.15, 0.2) is 54.6 Å². The van der Waals surface area contributed by atoms with Crippen LogP contribution in [0.25, 0.3) is 0 Å². The Morgan fingerprint density at radius 2 is 1.60 bits per heavy atom. The first-order valence-corrected chi connectivity index (χ1v) is 8.65. The number of hydrogen-bond acceptors (Lipinski definition) is 4. The number of halogens is 1. The van der Waals surface area contributed by atoms with Gasteiger partial charge in [0.15, 0.2) is 11.5 Å². The maximum Gasteiger partial charge on any atom is 0.161 e. The molecule has 0 radical (unpaired) electrons. The lowest BCUT2D eigenvalue weighted by atomic mass is 9.95. The normalized spacial score (nSPS) is 20.1. The van der Waals surface area contributed by atoms with Gasteiger partial charge in [-0.2, -0.15) is 0 Å². The van der Waals surface area contributed by atoms with Crippen molar-refractivity contribution < 1.29 is 9.47 Å². The van der Waals surface area contributed by atoms with Gasteiger partial charge in [0.1, 0.15) is 6.61 Å². The second kappa shape index (κ2) is 9.66. The van der Waals surface area contributed by atoms with Crippen molar-refractivity contribution >= 4 is 12.4 Å². The Hall–Kier alpha value is -1.75. The van der Waals surface area contributed by atoms with Gasteiger partial charge in [-0.1, -0.05) is 42.5 Å². The van der Waals surface area contributed by atoms with Crippen LogP contribution in [0.2, 0.25) is 0 Å². The quantitative estimate of drug-likeness (QED) is 0.820. The number of benzene rings is 2. The Bertz CT molecular complexity index is 639. The molecular formula is C20H27ClN2O2. The molecule has 2 aromatic carbocycles. The molecule has 0 spiro atoms. The largest absolute Gasteiger partial charge is 0.490 e. The van der Waals surface area contributed by atoms with E-state index in [1.807, 2.05) is 37.3 Å². The van der Waals surface area contributed by atoms with Gasteiger partial charge >= 0.3 is 0 Å². The lowest BCUT2D eigenvalue weighted by Crippen LogP contribution is -2.30. The van der Waals surface area contributed by atoms with Crippen LogP contribution in [0.5, 0.6) is 11.5 Å². The summed E-state index contributed by atoms with van der Waals surface area (Å²) in [6.45, 7) is 6.03. The van der Waals surface area contributed by atoms with E-state index in [0.29, 0.717) is 19.1 Å².